The van der Waals surface area contributed by atoms with Gasteiger partial charge in [0.1, 0.15) is 0 Å². The van der Waals surface area contributed by atoms with Gasteiger partial charge in [-0.15, -0.1) is 5.10 Å². The highest BCUT2D eigenvalue weighted by molar-refractivity contribution is 5.25. The lowest BCUT2D eigenvalue weighted by molar-refractivity contribution is 0.413. The second-order valence-corrected chi connectivity index (χ2v) is 4.89. The zero-order valence-electron chi connectivity index (χ0n) is 11.1. The van der Waals surface area contributed by atoms with Crippen molar-refractivity contribution in [1.29, 1.82) is 0 Å². The smallest absolute Gasteiger partial charge is 0.318 e. The maximum absolute atomic E-state index is 5.70. The van der Waals surface area contributed by atoms with Crippen molar-refractivity contribution in [3.63, 3.8) is 0 Å². The molecule has 1 aromatic rings. The van der Waals surface area contributed by atoms with Crippen LogP contribution in [0.5, 0.6) is 0 Å². The highest BCUT2D eigenvalue weighted by atomic mass is 16.4. The Hall–Kier alpha value is -1.10. The SMILES string of the molecule is CCNC(C)c1nnc(N(C)C(C)C2CC2)o1. The Morgan fingerprint density at radius 3 is 2.71 bits per heavy atom. The molecular formula is C12H22N4O. The molecule has 2 atom stereocenters. The van der Waals surface area contributed by atoms with Crippen LogP contribution in [-0.2, 0) is 0 Å². The molecule has 0 saturated heterocycles. The highest BCUT2D eigenvalue weighted by Gasteiger charge is 2.32. The van der Waals surface area contributed by atoms with Crippen molar-refractivity contribution in [2.75, 3.05) is 18.5 Å². The van der Waals surface area contributed by atoms with Gasteiger partial charge in [0.05, 0.1) is 6.04 Å². The molecule has 0 aromatic carbocycles. The van der Waals surface area contributed by atoms with Crippen molar-refractivity contribution in [2.45, 2.75) is 45.7 Å². The number of hydrogen-bond donors (Lipinski definition) is 1. The summed E-state index contributed by atoms with van der Waals surface area (Å²) in [5.41, 5.74) is 0. The highest BCUT2D eigenvalue weighted by Crippen LogP contribution is 2.36. The Morgan fingerprint density at radius 1 is 1.41 bits per heavy atom. The second kappa shape index (κ2) is 5.04. The maximum atomic E-state index is 5.70. The minimum absolute atomic E-state index is 0.117. The molecule has 0 amide bonds. The van der Waals surface area contributed by atoms with Crippen LogP contribution in [0.3, 0.4) is 0 Å². The van der Waals surface area contributed by atoms with Gasteiger partial charge in [0, 0.05) is 13.1 Å². The second-order valence-electron chi connectivity index (χ2n) is 4.89. The van der Waals surface area contributed by atoms with Crippen LogP contribution in [0.15, 0.2) is 4.42 Å². The maximum Gasteiger partial charge on any atom is 0.318 e. The first-order chi connectivity index (χ1) is 8.13. The molecule has 1 fully saturated rings. The lowest BCUT2D eigenvalue weighted by Gasteiger charge is -2.22. The van der Waals surface area contributed by atoms with Crippen LogP contribution in [0.2, 0.25) is 0 Å². The average molecular weight is 238 g/mol. The van der Waals surface area contributed by atoms with Crippen LogP contribution in [0.1, 0.15) is 45.5 Å². The summed E-state index contributed by atoms with van der Waals surface area (Å²) in [6.07, 6.45) is 2.64. The van der Waals surface area contributed by atoms with Gasteiger partial charge in [0.2, 0.25) is 5.89 Å². The topological polar surface area (TPSA) is 54.2 Å². The van der Waals surface area contributed by atoms with E-state index in [0.29, 0.717) is 17.9 Å². The van der Waals surface area contributed by atoms with Gasteiger partial charge in [0.25, 0.3) is 0 Å². The van der Waals surface area contributed by atoms with E-state index in [1.807, 2.05) is 14.0 Å². The van der Waals surface area contributed by atoms with E-state index in [2.05, 4.69) is 34.3 Å². The first-order valence-corrected chi connectivity index (χ1v) is 6.43. The van der Waals surface area contributed by atoms with Gasteiger partial charge in [-0.25, -0.2) is 0 Å². The summed E-state index contributed by atoms with van der Waals surface area (Å²) in [5, 5.41) is 11.5. The van der Waals surface area contributed by atoms with Crippen LogP contribution in [0.4, 0.5) is 6.01 Å². The predicted octanol–water partition coefficient (Wildman–Crippen LogP) is 1.97. The monoisotopic (exact) mass is 238 g/mol. The van der Waals surface area contributed by atoms with E-state index in [4.69, 9.17) is 4.42 Å². The van der Waals surface area contributed by atoms with Crippen LogP contribution >= 0.6 is 0 Å². The largest absolute Gasteiger partial charge is 0.406 e. The van der Waals surface area contributed by atoms with Gasteiger partial charge in [-0.1, -0.05) is 12.0 Å². The Balaban J connectivity index is 2.01. The molecule has 1 aliphatic rings. The Labute approximate surface area is 103 Å². The zero-order chi connectivity index (χ0) is 12.4. The number of anilines is 1. The third kappa shape index (κ3) is 2.77. The molecule has 1 aromatic heterocycles. The van der Waals surface area contributed by atoms with E-state index in [9.17, 15) is 0 Å². The molecule has 0 aliphatic heterocycles. The zero-order valence-corrected chi connectivity index (χ0v) is 11.1. The molecule has 5 nitrogen and oxygen atoms in total. The third-order valence-corrected chi connectivity index (χ3v) is 3.53. The number of nitrogens with one attached hydrogen (secondary N) is 1. The minimum Gasteiger partial charge on any atom is -0.406 e. The Bertz CT molecular complexity index is 361. The molecule has 1 aliphatic carbocycles. The number of rotatable bonds is 6. The fourth-order valence-electron chi connectivity index (χ4n) is 2.01. The van der Waals surface area contributed by atoms with E-state index in [-0.39, 0.29) is 6.04 Å². The van der Waals surface area contributed by atoms with E-state index in [1.165, 1.54) is 12.8 Å². The molecule has 2 rings (SSSR count). The summed E-state index contributed by atoms with van der Waals surface area (Å²) in [5.74, 6) is 1.46. The van der Waals surface area contributed by atoms with Crippen molar-refractivity contribution in [3.05, 3.63) is 5.89 Å². The first-order valence-electron chi connectivity index (χ1n) is 6.43. The number of hydrogen-bond acceptors (Lipinski definition) is 5. The van der Waals surface area contributed by atoms with Crippen molar-refractivity contribution in [2.24, 2.45) is 5.92 Å². The van der Waals surface area contributed by atoms with Crippen molar-refractivity contribution in [3.8, 4) is 0 Å². The van der Waals surface area contributed by atoms with Crippen LogP contribution in [-0.4, -0.2) is 29.8 Å². The molecule has 1 N–H and O–H groups in total. The molecule has 1 heterocycles. The molecule has 0 radical (unpaired) electrons. The summed E-state index contributed by atoms with van der Waals surface area (Å²) >= 11 is 0. The normalized spacial score (nSPS) is 19.1. The molecule has 0 spiro atoms. The Morgan fingerprint density at radius 2 is 2.12 bits per heavy atom. The average Bonchev–Trinajstić information content (AvgIpc) is 3.04. The summed E-state index contributed by atoms with van der Waals surface area (Å²) in [6, 6.07) is 1.23. The van der Waals surface area contributed by atoms with E-state index < -0.39 is 0 Å². The number of nitrogens with zero attached hydrogens (tertiary/aromatic N) is 3. The molecule has 17 heavy (non-hydrogen) atoms. The fraction of sp³-hybridized carbons (Fsp3) is 0.833. The van der Waals surface area contributed by atoms with Crippen LogP contribution in [0, 0.1) is 5.92 Å². The molecule has 2 unspecified atom stereocenters. The van der Waals surface area contributed by atoms with Gasteiger partial charge in [-0.3, -0.25) is 0 Å². The molecule has 5 heteroatoms. The van der Waals surface area contributed by atoms with E-state index in [1.54, 1.807) is 0 Å². The predicted molar refractivity (Wildman–Crippen MR) is 67.0 cm³/mol. The standard InChI is InChI=1S/C12H22N4O/c1-5-13-8(2)11-14-15-12(17-11)16(4)9(3)10-6-7-10/h8-10,13H,5-7H2,1-4H3. The Kier molecular flexibility index (Phi) is 3.66. The van der Waals surface area contributed by atoms with Crippen LogP contribution in [0.25, 0.3) is 0 Å². The van der Waals surface area contributed by atoms with Crippen molar-refractivity contribution >= 4 is 6.01 Å². The molecule has 0 bridgehead atoms. The van der Waals surface area contributed by atoms with Gasteiger partial charge in [0.15, 0.2) is 0 Å². The molecular weight excluding hydrogens is 216 g/mol. The lowest BCUT2D eigenvalue weighted by atomic mass is 10.2. The van der Waals surface area contributed by atoms with Gasteiger partial charge in [-0.2, -0.15) is 0 Å². The van der Waals surface area contributed by atoms with E-state index >= 15 is 0 Å². The lowest BCUT2D eigenvalue weighted by Crippen LogP contribution is -2.30. The molecule has 1 saturated carbocycles. The molecule has 96 valence electrons. The quantitative estimate of drug-likeness (QED) is 0.821. The number of aromatic nitrogens is 2. The first kappa shape index (κ1) is 12.4. The summed E-state index contributed by atoms with van der Waals surface area (Å²) in [7, 11) is 2.03. The minimum atomic E-state index is 0.117. The van der Waals surface area contributed by atoms with Gasteiger partial charge in [-0.05, 0) is 39.2 Å². The third-order valence-electron chi connectivity index (χ3n) is 3.53. The fourth-order valence-corrected chi connectivity index (χ4v) is 2.01. The summed E-state index contributed by atoms with van der Waals surface area (Å²) < 4.78 is 5.70. The van der Waals surface area contributed by atoms with Crippen molar-refractivity contribution in [1.82, 2.24) is 15.5 Å². The van der Waals surface area contributed by atoms with Gasteiger partial charge < -0.3 is 14.6 Å². The summed E-state index contributed by atoms with van der Waals surface area (Å²) in [4.78, 5) is 2.09. The van der Waals surface area contributed by atoms with Gasteiger partial charge >= 0.3 is 6.01 Å². The van der Waals surface area contributed by atoms with Crippen molar-refractivity contribution < 1.29 is 4.42 Å². The van der Waals surface area contributed by atoms with Crippen LogP contribution < -0.4 is 10.2 Å². The summed E-state index contributed by atoms with van der Waals surface area (Å²) in [6.45, 7) is 7.21. The van der Waals surface area contributed by atoms with E-state index in [0.717, 1.165) is 12.5 Å².